The summed E-state index contributed by atoms with van der Waals surface area (Å²) in [6.07, 6.45) is 4.55. The molecule has 0 spiro atoms. The van der Waals surface area contributed by atoms with Crippen molar-refractivity contribution in [3.05, 3.63) is 41.7 Å². The van der Waals surface area contributed by atoms with Gasteiger partial charge >= 0.3 is 0 Å². The van der Waals surface area contributed by atoms with Crippen molar-refractivity contribution in [2.24, 2.45) is 5.92 Å². The highest BCUT2D eigenvalue weighted by atomic mass is 35.5. The quantitative estimate of drug-likeness (QED) is 0.703. The highest BCUT2D eigenvalue weighted by molar-refractivity contribution is 5.91. The Morgan fingerprint density at radius 1 is 1.29 bits per heavy atom. The first-order chi connectivity index (χ1) is 13.1. The normalized spacial score (nSPS) is 14.5. The maximum absolute atomic E-state index is 12.3. The van der Waals surface area contributed by atoms with Gasteiger partial charge in [0.1, 0.15) is 5.75 Å². The van der Waals surface area contributed by atoms with Crippen LogP contribution in [0.25, 0.3) is 0 Å². The van der Waals surface area contributed by atoms with Crippen molar-refractivity contribution in [2.75, 3.05) is 26.2 Å². The molecule has 0 aliphatic carbocycles. The van der Waals surface area contributed by atoms with Crippen LogP contribution in [0.2, 0.25) is 0 Å². The zero-order chi connectivity index (χ0) is 19.1. The summed E-state index contributed by atoms with van der Waals surface area (Å²) in [4.78, 5) is 12.3. The van der Waals surface area contributed by atoms with Crippen molar-refractivity contribution < 1.29 is 9.53 Å². The molecule has 28 heavy (non-hydrogen) atoms. The molecular formula is C20H30ClN5O2. The minimum Gasteiger partial charge on any atom is -0.493 e. The van der Waals surface area contributed by atoms with Gasteiger partial charge in [-0.25, -0.2) is 4.68 Å². The highest BCUT2D eigenvalue weighted by Crippen LogP contribution is 2.17. The fourth-order valence-electron chi connectivity index (χ4n) is 3.06. The van der Waals surface area contributed by atoms with Crippen molar-refractivity contribution in [1.82, 2.24) is 25.6 Å². The standard InChI is InChI=1S/C20H29N5O2.ClH/c1-15(2)14-27-18-5-3-16(4-6-18)7-12-22-20(26)19-13-25(24-23-19)17-8-10-21-11-9-17;/h3-6,13,15,17,21H,7-12,14H2,1-2H3,(H,22,26);1H. The van der Waals surface area contributed by atoms with Crippen molar-refractivity contribution in [3.8, 4) is 5.75 Å². The van der Waals surface area contributed by atoms with Gasteiger partial charge in [-0.3, -0.25) is 4.79 Å². The van der Waals surface area contributed by atoms with Crippen LogP contribution in [0.4, 0.5) is 0 Å². The molecule has 0 radical (unpaired) electrons. The molecule has 1 aliphatic rings. The van der Waals surface area contributed by atoms with Gasteiger partial charge in [0, 0.05) is 6.54 Å². The lowest BCUT2D eigenvalue weighted by Gasteiger charge is -2.22. The van der Waals surface area contributed by atoms with Gasteiger partial charge in [0.2, 0.25) is 0 Å². The van der Waals surface area contributed by atoms with E-state index in [1.54, 1.807) is 6.20 Å². The largest absolute Gasteiger partial charge is 0.493 e. The number of carbonyl (C=O) groups excluding carboxylic acids is 1. The number of carbonyl (C=O) groups is 1. The van der Waals surface area contributed by atoms with E-state index in [-0.39, 0.29) is 18.3 Å². The second kappa shape index (κ2) is 11.0. The smallest absolute Gasteiger partial charge is 0.273 e. The van der Waals surface area contributed by atoms with E-state index in [0.717, 1.165) is 43.7 Å². The Kier molecular flexibility index (Phi) is 8.73. The Hall–Kier alpha value is -2.12. The molecule has 0 saturated carbocycles. The Labute approximate surface area is 172 Å². The molecule has 0 bridgehead atoms. The molecule has 2 heterocycles. The second-order valence-corrected chi connectivity index (χ2v) is 7.42. The molecule has 1 saturated heterocycles. The Bertz CT molecular complexity index is 726. The fourth-order valence-corrected chi connectivity index (χ4v) is 3.06. The SMILES string of the molecule is CC(C)COc1ccc(CCNC(=O)c2cn(C3CCNCC3)nn2)cc1.Cl. The maximum Gasteiger partial charge on any atom is 0.273 e. The molecule has 3 rings (SSSR count). The summed E-state index contributed by atoms with van der Waals surface area (Å²) in [6, 6.07) is 8.36. The number of halogens is 1. The molecule has 1 fully saturated rings. The van der Waals surface area contributed by atoms with Gasteiger partial charge < -0.3 is 15.4 Å². The molecule has 8 heteroatoms. The molecule has 7 nitrogen and oxygen atoms in total. The van der Waals surface area contributed by atoms with Crippen molar-refractivity contribution >= 4 is 18.3 Å². The Morgan fingerprint density at radius 3 is 2.68 bits per heavy atom. The third kappa shape index (κ3) is 6.49. The van der Waals surface area contributed by atoms with Crippen molar-refractivity contribution in [3.63, 3.8) is 0 Å². The lowest BCUT2D eigenvalue weighted by atomic mass is 10.1. The molecule has 2 aromatic rings. The summed E-state index contributed by atoms with van der Waals surface area (Å²) in [5.74, 6) is 1.21. The Balaban J connectivity index is 0.00000280. The van der Waals surface area contributed by atoms with Crippen LogP contribution in [0.3, 0.4) is 0 Å². The lowest BCUT2D eigenvalue weighted by molar-refractivity contribution is 0.0949. The molecule has 154 valence electrons. The van der Waals surface area contributed by atoms with Crippen LogP contribution in [-0.4, -0.2) is 47.1 Å². The van der Waals surface area contributed by atoms with Crippen LogP contribution >= 0.6 is 12.4 Å². The summed E-state index contributed by atoms with van der Waals surface area (Å²) < 4.78 is 7.51. The van der Waals surface area contributed by atoms with Crippen LogP contribution in [0, 0.1) is 5.92 Å². The number of nitrogens with one attached hydrogen (secondary N) is 2. The first kappa shape index (κ1) is 22.2. The summed E-state index contributed by atoms with van der Waals surface area (Å²) in [6.45, 7) is 7.49. The first-order valence-corrected chi connectivity index (χ1v) is 9.74. The van der Waals surface area contributed by atoms with Gasteiger partial charge in [-0.2, -0.15) is 0 Å². The number of piperidine rings is 1. The van der Waals surface area contributed by atoms with Gasteiger partial charge in [0.05, 0.1) is 18.8 Å². The number of aromatic nitrogens is 3. The molecule has 1 aliphatic heterocycles. The monoisotopic (exact) mass is 407 g/mol. The Morgan fingerprint density at radius 2 is 2.00 bits per heavy atom. The molecular weight excluding hydrogens is 378 g/mol. The van der Waals surface area contributed by atoms with E-state index < -0.39 is 0 Å². The van der Waals surface area contributed by atoms with Crippen LogP contribution in [0.1, 0.15) is 48.8 Å². The topological polar surface area (TPSA) is 81.1 Å². The summed E-state index contributed by atoms with van der Waals surface area (Å²) in [5, 5.41) is 14.4. The van der Waals surface area contributed by atoms with Crippen molar-refractivity contribution in [1.29, 1.82) is 0 Å². The van der Waals surface area contributed by atoms with E-state index in [0.29, 0.717) is 30.8 Å². The minimum atomic E-state index is -0.174. The van der Waals surface area contributed by atoms with Crippen LogP contribution in [0.5, 0.6) is 5.75 Å². The van der Waals surface area contributed by atoms with E-state index >= 15 is 0 Å². The van der Waals surface area contributed by atoms with E-state index in [4.69, 9.17) is 4.74 Å². The van der Waals surface area contributed by atoms with Crippen LogP contribution in [-0.2, 0) is 6.42 Å². The van der Waals surface area contributed by atoms with E-state index in [1.807, 2.05) is 28.9 Å². The highest BCUT2D eigenvalue weighted by Gasteiger charge is 2.18. The number of hydrogen-bond donors (Lipinski definition) is 2. The summed E-state index contributed by atoms with van der Waals surface area (Å²) in [5.41, 5.74) is 1.54. The van der Waals surface area contributed by atoms with Gasteiger partial charge in [-0.1, -0.05) is 31.2 Å². The van der Waals surface area contributed by atoms with Crippen LogP contribution < -0.4 is 15.4 Å². The lowest BCUT2D eigenvalue weighted by Crippen LogP contribution is -2.29. The second-order valence-electron chi connectivity index (χ2n) is 7.42. The molecule has 0 atom stereocenters. The molecule has 1 amide bonds. The number of nitrogens with zero attached hydrogens (tertiary/aromatic N) is 3. The number of ether oxygens (including phenoxy) is 1. The number of rotatable bonds is 8. The third-order valence-corrected chi connectivity index (χ3v) is 4.63. The number of amides is 1. The fraction of sp³-hybridized carbons (Fsp3) is 0.550. The third-order valence-electron chi connectivity index (χ3n) is 4.63. The molecule has 0 unspecified atom stereocenters. The number of hydrogen-bond acceptors (Lipinski definition) is 5. The van der Waals surface area contributed by atoms with Gasteiger partial charge in [-0.15, -0.1) is 17.5 Å². The van der Waals surface area contributed by atoms with Gasteiger partial charge in [0.25, 0.3) is 5.91 Å². The van der Waals surface area contributed by atoms with Crippen LogP contribution in [0.15, 0.2) is 30.5 Å². The predicted octanol–water partition coefficient (Wildman–Crippen LogP) is 2.63. The molecule has 2 N–H and O–H groups in total. The van der Waals surface area contributed by atoms with E-state index in [2.05, 4.69) is 34.8 Å². The van der Waals surface area contributed by atoms with Gasteiger partial charge in [-0.05, 0) is 56.0 Å². The summed E-state index contributed by atoms with van der Waals surface area (Å²) >= 11 is 0. The predicted molar refractivity (Wildman–Crippen MR) is 111 cm³/mol. The molecule has 1 aromatic heterocycles. The van der Waals surface area contributed by atoms with E-state index in [1.165, 1.54) is 0 Å². The van der Waals surface area contributed by atoms with Crippen molar-refractivity contribution in [2.45, 2.75) is 39.2 Å². The minimum absolute atomic E-state index is 0. The zero-order valence-corrected chi connectivity index (χ0v) is 17.4. The maximum atomic E-state index is 12.3. The zero-order valence-electron chi connectivity index (χ0n) is 16.6. The van der Waals surface area contributed by atoms with Gasteiger partial charge in [0.15, 0.2) is 5.69 Å². The molecule has 1 aromatic carbocycles. The average Bonchev–Trinajstić information content (AvgIpc) is 3.18. The first-order valence-electron chi connectivity index (χ1n) is 9.74. The number of benzene rings is 1. The van der Waals surface area contributed by atoms with E-state index in [9.17, 15) is 4.79 Å². The summed E-state index contributed by atoms with van der Waals surface area (Å²) in [7, 11) is 0. The average molecular weight is 408 g/mol.